The second-order valence-electron chi connectivity index (χ2n) is 3.49. The van der Waals surface area contributed by atoms with Gasteiger partial charge >= 0.3 is 0 Å². The number of hydrogen-bond donors (Lipinski definition) is 1. The van der Waals surface area contributed by atoms with Crippen molar-refractivity contribution in [3.05, 3.63) is 35.9 Å². The molecule has 0 aliphatic heterocycles. The highest BCUT2D eigenvalue weighted by molar-refractivity contribution is 7.16. The molecular weight excluding hydrogens is 203 g/mol. The van der Waals surface area contributed by atoms with Crippen LogP contribution in [0.2, 0.25) is 0 Å². The lowest BCUT2D eigenvalue weighted by atomic mass is 9.96. The molecule has 0 heterocycles. The van der Waals surface area contributed by atoms with E-state index in [4.69, 9.17) is 5.11 Å². The van der Waals surface area contributed by atoms with Gasteiger partial charge in [0.25, 0.3) is 0 Å². The van der Waals surface area contributed by atoms with E-state index in [2.05, 4.69) is 35.2 Å². The fourth-order valence-electron chi connectivity index (χ4n) is 1.44. The van der Waals surface area contributed by atoms with Gasteiger partial charge in [-0.1, -0.05) is 50.6 Å². The molecule has 1 nitrogen and oxygen atoms in total. The first kappa shape index (κ1) is 14.6. The maximum Gasteiger partial charge on any atom is 0.0499 e. The molecule has 1 aromatic rings. The maximum atomic E-state index is 9.11. The molecule has 0 bridgehead atoms. The largest absolute Gasteiger partial charge is 0.396 e. The van der Waals surface area contributed by atoms with Crippen molar-refractivity contribution in [2.24, 2.45) is 0 Å². The number of aliphatic hydroxyl groups is 1. The Morgan fingerprint density at radius 2 is 1.73 bits per heavy atom. The molecule has 2 heteroatoms. The quantitative estimate of drug-likeness (QED) is 0.780. The van der Waals surface area contributed by atoms with Gasteiger partial charge in [-0.2, -0.15) is 0 Å². The average Bonchev–Trinajstić information content (AvgIpc) is 2.28. The van der Waals surface area contributed by atoms with Crippen LogP contribution in [-0.4, -0.2) is 17.9 Å². The second kappa shape index (κ2) is 10.1. The van der Waals surface area contributed by atoms with Gasteiger partial charge in [0.05, 0.1) is 0 Å². The molecule has 0 spiro atoms. The zero-order valence-electron chi connectivity index (χ0n) is 9.82. The number of hydrogen-bond acceptors (Lipinski definition) is 1. The van der Waals surface area contributed by atoms with E-state index in [1.165, 1.54) is 11.7 Å². The Kier molecular flexibility index (Phi) is 9.88. The van der Waals surface area contributed by atoms with Crippen LogP contribution >= 0.6 is 9.24 Å². The molecule has 1 unspecified atom stereocenters. The van der Waals surface area contributed by atoms with E-state index in [0.717, 1.165) is 12.8 Å². The lowest BCUT2D eigenvalue weighted by Gasteiger charge is -2.12. The van der Waals surface area contributed by atoms with E-state index in [-0.39, 0.29) is 6.61 Å². The zero-order chi connectivity index (χ0) is 11.5. The van der Waals surface area contributed by atoms with Crippen molar-refractivity contribution in [2.45, 2.75) is 32.6 Å². The average molecular weight is 226 g/mol. The SMILES string of the molecule is CCC[C@@H](CO)c1ccccc1.CCP. The highest BCUT2D eigenvalue weighted by Crippen LogP contribution is 2.19. The lowest BCUT2D eigenvalue weighted by molar-refractivity contribution is 0.258. The fraction of sp³-hybridized carbons (Fsp3) is 0.538. The van der Waals surface area contributed by atoms with Gasteiger partial charge < -0.3 is 5.11 Å². The molecule has 1 rings (SSSR count). The predicted molar refractivity (Wildman–Crippen MR) is 71.4 cm³/mol. The number of benzene rings is 1. The van der Waals surface area contributed by atoms with Crippen LogP contribution < -0.4 is 0 Å². The van der Waals surface area contributed by atoms with Gasteiger partial charge in [0.1, 0.15) is 0 Å². The van der Waals surface area contributed by atoms with Crippen molar-refractivity contribution >= 4 is 9.24 Å². The van der Waals surface area contributed by atoms with E-state index in [9.17, 15) is 0 Å². The summed E-state index contributed by atoms with van der Waals surface area (Å²) in [4.78, 5) is 0. The van der Waals surface area contributed by atoms with E-state index >= 15 is 0 Å². The molecule has 2 atom stereocenters. The van der Waals surface area contributed by atoms with Gasteiger partial charge in [-0.15, -0.1) is 9.24 Å². The van der Waals surface area contributed by atoms with Crippen molar-refractivity contribution in [1.82, 2.24) is 0 Å². The third-order valence-electron chi connectivity index (χ3n) is 2.13. The first-order valence-electron chi connectivity index (χ1n) is 5.65. The molecule has 0 aromatic heterocycles. The molecule has 0 amide bonds. The van der Waals surface area contributed by atoms with Gasteiger partial charge in [0.15, 0.2) is 0 Å². The van der Waals surface area contributed by atoms with E-state index in [0.29, 0.717) is 5.92 Å². The molecule has 0 saturated carbocycles. The number of rotatable bonds is 4. The summed E-state index contributed by atoms with van der Waals surface area (Å²) in [5.41, 5.74) is 1.25. The van der Waals surface area contributed by atoms with Crippen molar-refractivity contribution in [3.8, 4) is 0 Å². The molecule has 0 aliphatic carbocycles. The standard InChI is InChI=1S/C11H16O.C2H7P/c1-2-6-11(9-12)10-7-4-3-5-8-10;1-2-3/h3-5,7-8,11-12H,2,6,9H2,1H3;2-3H2,1H3/t11-;/m0./s1. The van der Waals surface area contributed by atoms with Crippen LogP contribution in [0, 0.1) is 0 Å². The molecule has 0 radical (unpaired) electrons. The van der Waals surface area contributed by atoms with E-state index in [1.807, 2.05) is 18.2 Å². The highest BCUT2D eigenvalue weighted by Gasteiger charge is 2.07. The first-order chi connectivity index (χ1) is 7.29. The van der Waals surface area contributed by atoms with Gasteiger partial charge in [-0.25, -0.2) is 0 Å². The van der Waals surface area contributed by atoms with Crippen LogP contribution in [0.25, 0.3) is 0 Å². The molecule has 0 fully saturated rings. The summed E-state index contributed by atoms with van der Waals surface area (Å²) < 4.78 is 0. The zero-order valence-corrected chi connectivity index (χ0v) is 11.0. The minimum Gasteiger partial charge on any atom is -0.396 e. The Morgan fingerprint density at radius 1 is 1.20 bits per heavy atom. The van der Waals surface area contributed by atoms with Crippen LogP contribution in [0.15, 0.2) is 30.3 Å². The maximum absolute atomic E-state index is 9.11. The van der Waals surface area contributed by atoms with Gasteiger partial charge in [-0.05, 0) is 18.1 Å². The monoisotopic (exact) mass is 226 g/mol. The van der Waals surface area contributed by atoms with E-state index in [1.54, 1.807) is 0 Å². The Labute approximate surface area is 96.1 Å². The van der Waals surface area contributed by atoms with E-state index < -0.39 is 0 Å². The van der Waals surface area contributed by atoms with Crippen LogP contribution in [0.3, 0.4) is 0 Å². The summed E-state index contributed by atoms with van der Waals surface area (Å²) in [5.74, 6) is 0.330. The van der Waals surface area contributed by atoms with Gasteiger partial charge in [0, 0.05) is 12.5 Å². The molecule has 15 heavy (non-hydrogen) atoms. The topological polar surface area (TPSA) is 20.2 Å². The summed E-state index contributed by atoms with van der Waals surface area (Å²) in [7, 11) is 2.58. The summed E-state index contributed by atoms with van der Waals surface area (Å²) in [6, 6.07) is 10.2. The smallest absolute Gasteiger partial charge is 0.0499 e. The van der Waals surface area contributed by atoms with Crippen LogP contribution in [-0.2, 0) is 0 Å². The van der Waals surface area contributed by atoms with Crippen molar-refractivity contribution in [2.75, 3.05) is 12.8 Å². The number of aliphatic hydroxyl groups excluding tert-OH is 1. The van der Waals surface area contributed by atoms with Crippen molar-refractivity contribution in [1.29, 1.82) is 0 Å². The Morgan fingerprint density at radius 3 is 2.13 bits per heavy atom. The summed E-state index contributed by atoms with van der Waals surface area (Å²) in [6.07, 6.45) is 3.36. The molecule has 0 aliphatic rings. The third-order valence-corrected chi connectivity index (χ3v) is 2.13. The Balaban J connectivity index is 0.000000583. The molecule has 1 N–H and O–H groups in total. The normalized spacial score (nSPS) is 11.5. The first-order valence-corrected chi connectivity index (χ1v) is 6.47. The third kappa shape index (κ3) is 6.65. The van der Waals surface area contributed by atoms with Gasteiger partial charge in [0.2, 0.25) is 0 Å². The molecular formula is C13H23OP. The Hall–Kier alpha value is -0.390. The van der Waals surface area contributed by atoms with Crippen LogP contribution in [0.5, 0.6) is 0 Å². The second-order valence-corrected chi connectivity index (χ2v) is 4.30. The highest BCUT2D eigenvalue weighted by atomic mass is 31.0. The predicted octanol–water partition coefficient (Wildman–Crippen LogP) is 3.44. The lowest BCUT2D eigenvalue weighted by Crippen LogP contribution is -2.02. The summed E-state index contributed by atoms with van der Waals surface area (Å²) >= 11 is 0. The van der Waals surface area contributed by atoms with Crippen molar-refractivity contribution in [3.63, 3.8) is 0 Å². The Bertz CT molecular complexity index is 223. The summed E-state index contributed by atoms with van der Waals surface area (Å²) in [6.45, 7) is 4.49. The van der Waals surface area contributed by atoms with Crippen LogP contribution in [0.1, 0.15) is 38.2 Å². The minimum absolute atomic E-state index is 0.262. The fourth-order valence-corrected chi connectivity index (χ4v) is 1.44. The molecule has 86 valence electrons. The van der Waals surface area contributed by atoms with Crippen LogP contribution in [0.4, 0.5) is 0 Å². The molecule has 1 aromatic carbocycles. The molecule has 0 saturated heterocycles. The summed E-state index contributed by atoms with van der Waals surface area (Å²) in [5, 5.41) is 9.11. The van der Waals surface area contributed by atoms with Gasteiger partial charge in [-0.3, -0.25) is 0 Å². The minimum atomic E-state index is 0.262. The van der Waals surface area contributed by atoms with Crippen molar-refractivity contribution < 1.29 is 5.11 Å².